The SMILES string of the molecule is CCCCOc1cc(NCc2cccnc2)nc(COC)n1. The Balaban J connectivity index is 2.04. The molecule has 2 aromatic rings. The second kappa shape index (κ2) is 8.94. The maximum atomic E-state index is 5.67. The van der Waals surface area contributed by atoms with Crippen molar-refractivity contribution in [3.8, 4) is 5.88 Å². The normalized spacial score (nSPS) is 10.5. The maximum Gasteiger partial charge on any atom is 0.218 e. The molecule has 0 fully saturated rings. The van der Waals surface area contributed by atoms with Gasteiger partial charge >= 0.3 is 0 Å². The van der Waals surface area contributed by atoms with Crippen LogP contribution in [0.3, 0.4) is 0 Å². The van der Waals surface area contributed by atoms with Crippen molar-refractivity contribution < 1.29 is 9.47 Å². The van der Waals surface area contributed by atoms with Crippen LogP contribution in [0.1, 0.15) is 31.2 Å². The fourth-order valence-electron chi connectivity index (χ4n) is 1.85. The molecule has 2 aromatic heterocycles. The molecule has 0 aromatic carbocycles. The summed E-state index contributed by atoms with van der Waals surface area (Å²) in [4.78, 5) is 12.9. The Kier molecular flexibility index (Phi) is 6.57. The molecule has 118 valence electrons. The first kappa shape index (κ1) is 16.2. The van der Waals surface area contributed by atoms with Gasteiger partial charge in [-0.25, -0.2) is 4.98 Å². The van der Waals surface area contributed by atoms with E-state index < -0.39 is 0 Å². The number of hydrogen-bond acceptors (Lipinski definition) is 6. The van der Waals surface area contributed by atoms with Gasteiger partial charge in [0.2, 0.25) is 5.88 Å². The molecule has 0 unspecified atom stereocenters. The number of ether oxygens (including phenoxy) is 2. The Labute approximate surface area is 130 Å². The molecule has 0 saturated carbocycles. The van der Waals surface area contributed by atoms with Gasteiger partial charge in [0.15, 0.2) is 5.82 Å². The zero-order chi connectivity index (χ0) is 15.6. The number of pyridine rings is 1. The number of hydrogen-bond donors (Lipinski definition) is 1. The van der Waals surface area contributed by atoms with Gasteiger partial charge in [0.25, 0.3) is 0 Å². The number of anilines is 1. The maximum absolute atomic E-state index is 5.67. The lowest BCUT2D eigenvalue weighted by Gasteiger charge is -2.10. The topological polar surface area (TPSA) is 69.2 Å². The lowest BCUT2D eigenvalue weighted by Crippen LogP contribution is -2.08. The van der Waals surface area contributed by atoms with Gasteiger partial charge in [-0.05, 0) is 18.1 Å². The van der Waals surface area contributed by atoms with Gasteiger partial charge in [-0.2, -0.15) is 4.98 Å². The lowest BCUT2D eigenvalue weighted by atomic mass is 10.3. The second-order valence-electron chi connectivity index (χ2n) is 4.86. The number of aromatic nitrogens is 3. The summed E-state index contributed by atoms with van der Waals surface area (Å²) < 4.78 is 10.8. The summed E-state index contributed by atoms with van der Waals surface area (Å²) in [5.41, 5.74) is 1.09. The summed E-state index contributed by atoms with van der Waals surface area (Å²) in [6, 6.07) is 5.73. The van der Waals surface area contributed by atoms with Crippen LogP contribution in [0.5, 0.6) is 5.88 Å². The molecular weight excluding hydrogens is 280 g/mol. The van der Waals surface area contributed by atoms with Crippen molar-refractivity contribution in [1.82, 2.24) is 15.0 Å². The number of rotatable bonds is 9. The molecule has 2 heterocycles. The summed E-state index contributed by atoms with van der Waals surface area (Å²) in [5.74, 6) is 1.90. The third kappa shape index (κ3) is 5.29. The molecule has 0 bridgehead atoms. The highest BCUT2D eigenvalue weighted by atomic mass is 16.5. The van der Waals surface area contributed by atoms with E-state index in [0.29, 0.717) is 31.5 Å². The standard InChI is InChI=1S/C16H22N4O2/c1-3-4-8-22-16-9-14(19-15(20-16)12-21-2)18-11-13-6-5-7-17-10-13/h5-7,9-10H,3-4,8,11-12H2,1-2H3,(H,18,19,20). The van der Waals surface area contributed by atoms with E-state index >= 15 is 0 Å². The van der Waals surface area contributed by atoms with Crippen LogP contribution in [0, 0.1) is 0 Å². The fourth-order valence-corrected chi connectivity index (χ4v) is 1.85. The van der Waals surface area contributed by atoms with Crippen molar-refractivity contribution >= 4 is 5.82 Å². The number of nitrogens with zero attached hydrogens (tertiary/aromatic N) is 3. The summed E-state index contributed by atoms with van der Waals surface area (Å²) >= 11 is 0. The van der Waals surface area contributed by atoms with Crippen LogP contribution in [0.2, 0.25) is 0 Å². The second-order valence-corrected chi connectivity index (χ2v) is 4.86. The summed E-state index contributed by atoms with van der Waals surface area (Å²) in [7, 11) is 1.62. The Bertz CT molecular complexity index is 563. The van der Waals surface area contributed by atoms with Crippen LogP contribution in [0.25, 0.3) is 0 Å². The number of methoxy groups -OCH3 is 1. The minimum Gasteiger partial charge on any atom is -0.478 e. The van der Waals surface area contributed by atoms with E-state index in [4.69, 9.17) is 9.47 Å². The van der Waals surface area contributed by atoms with Crippen molar-refractivity contribution in [1.29, 1.82) is 0 Å². The smallest absolute Gasteiger partial charge is 0.218 e. The molecule has 0 atom stereocenters. The predicted molar refractivity (Wildman–Crippen MR) is 84.7 cm³/mol. The zero-order valence-electron chi connectivity index (χ0n) is 13.1. The molecule has 0 radical (unpaired) electrons. The van der Waals surface area contributed by atoms with Crippen LogP contribution in [0.4, 0.5) is 5.82 Å². The van der Waals surface area contributed by atoms with Crippen molar-refractivity contribution in [2.45, 2.75) is 32.9 Å². The fraction of sp³-hybridized carbons (Fsp3) is 0.438. The van der Waals surface area contributed by atoms with Gasteiger partial charge in [0.05, 0.1) is 6.61 Å². The van der Waals surface area contributed by atoms with Gasteiger partial charge in [-0.15, -0.1) is 0 Å². The van der Waals surface area contributed by atoms with Crippen molar-refractivity contribution in [2.24, 2.45) is 0 Å². The van der Waals surface area contributed by atoms with Gasteiger partial charge in [0.1, 0.15) is 12.4 Å². The first-order chi connectivity index (χ1) is 10.8. The van der Waals surface area contributed by atoms with Gasteiger partial charge in [-0.1, -0.05) is 19.4 Å². The van der Waals surface area contributed by atoms with Crippen LogP contribution < -0.4 is 10.1 Å². The molecule has 2 rings (SSSR count). The third-order valence-electron chi connectivity index (χ3n) is 2.97. The van der Waals surface area contributed by atoms with E-state index in [1.54, 1.807) is 13.3 Å². The summed E-state index contributed by atoms with van der Waals surface area (Å²) in [5, 5.41) is 3.26. The Hall–Kier alpha value is -2.21. The number of nitrogens with one attached hydrogen (secondary N) is 1. The van der Waals surface area contributed by atoms with E-state index in [9.17, 15) is 0 Å². The zero-order valence-corrected chi connectivity index (χ0v) is 13.1. The van der Waals surface area contributed by atoms with Crippen LogP contribution in [-0.4, -0.2) is 28.7 Å². The molecule has 0 spiro atoms. The van der Waals surface area contributed by atoms with Crippen molar-refractivity contribution in [3.05, 3.63) is 42.0 Å². The van der Waals surface area contributed by atoms with E-state index in [2.05, 4.69) is 27.2 Å². The minimum atomic E-state index is 0.354. The average Bonchev–Trinajstić information content (AvgIpc) is 2.54. The Morgan fingerprint density at radius 3 is 2.91 bits per heavy atom. The van der Waals surface area contributed by atoms with Crippen LogP contribution >= 0.6 is 0 Å². The summed E-state index contributed by atoms with van der Waals surface area (Å²) in [6.07, 6.45) is 5.66. The number of unbranched alkanes of at least 4 members (excludes halogenated alkanes) is 1. The van der Waals surface area contributed by atoms with Crippen molar-refractivity contribution in [3.63, 3.8) is 0 Å². The first-order valence-electron chi connectivity index (χ1n) is 7.44. The lowest BCUT2D eigenvalue weighted by molar-refractivity contribution is 0.176. The quantitative estimate of drug-likeness (QED) is 0.718. The first-order valence-corrected chi connectivity index (χ1v) is 7.44. The average molecular weight is 302 g/mol. The Morgan fingerprint density at radius 2 is 2.18 bits per heavy atom. The van der Waals surface area contributed by atoms with Crippen LogP contribution in [-0.2, 0) is 17.9 Å². The van der Waals surface area contributed by atoms with Crippen LogP contribution in [0.15, 0.2) is 30.6 Å². The van der Waals surface area contributed by atoms with E-state index in [1.165, 1.54) is 0 Å². The highest BCUT2D eigenvalue weighted by Gasteiger charge is 2.06. The molecule has 22 heavy (non-hydrogen) atoms. The van der Waals surface area contributed by atoms with E-state index in [0.717, 1.165) is 24.2 Å². The third-order valence-corrected chi connectivity index (χ3v) is 2.97. The van der Waals surface area contributed by atoms with E-state index in [-0.39, 0.29) is 0 Å². The molecule has 0 aliphatic carbocycles. The molecule has 0 amide bonds. The highest BCUT2D eigenvalue weighted by Crippen LogP contribution is 2.15. The monoisotopic (exact) mass is 302 g/mol. The molecule has 6 nitrogen and oxygen atoms in total. The summed E-state index contributed by atoms with van der Waals surface area (Å²) in [6.45, 7) is 3.78. The Morgan fingerprint density at radius 1 is 1.27 bits per heavy atom. The minimum absolute atomic E-state index is 0.354. The largest absolute Gasteiger partial charge is 0.478 e. The van der Waals surface area contributed by atoms with Gasteiger partial charge in [-0.3, -0.25) is 4.98 Å². The van der Waals surface area contributed by atoms with E-state index in [1.807, 2.05) is 24.4 Å². The molecule has 1 N–H and O–H groups in total. The highest BCUT2D eigenvalue weighted by molar-refractivity contribution is 5.39. The molecule has 0 aliphatic heterocycles. The molecule has 0 saturated heterocycles. The molecular formula is C16H22N4O2. The van der Waals surface area contributed by atoms with Gasteiger partial charge < -0.3 is 14.8 Å². The molecule has 6 heteroatoms. The van der Waals surface area contributed by atoms with Crippen molar-refractivity contribution in [2.75, 3.05) is 19.0 Å². The predicted octanol–water partition coefficient (Wildman–Crippen LogP) is 2.81. The van der Waals surface area contributed by atoms with Gasteiger partial charge in [0, 0.05) is 32.1 Å². The molecule has 0 aliphatic rings.